The largest absolute Gasteiger partial charge is 0.508 e. The van der Waals surface area contributed by atoms with Gasteiger partial charge in [-0.05, 0) is 30.5 Å². The molecule has 6 heteroatoms. The minimum Gasteiger partial charge on any atom is -0.508 e. The lowest BCUT2D eigenvalue weighted by molar-refractivity contribution is -0.137. The van der Waals surface area contributed by atoms with Crippen molar-refractivity contribution in [2.75, 3.05) is 6.26 Å². The Kier molecular flexibility index (Phi) is 4.11. The number of hydrogen-bond acceptors (Lipinski definition) is 4. The van der Waals surface area contributed by atoms with Gasteiger partial charge in [0.2, 0.25) is 0 Å². The van der Waals surface area contributed by atoms with E-state index < -0.39 is 15.8 Å². The molecule has 0 radical (unpaired) electrons. The summed E-state index contributed by atoms with van der Waals surface area (Å²) in [4.78, 5) is 10.4. The van der Waals surface area contributed by atoms with Crippen molar-refractivity contribution in [3.8, 4) is 5.75 Å². The second kappa shape index (κ2) is 5.18. The van der Waals surface area contributed by atoms with E-state index in [2.05, 4.69) is 0 Å². The number of aliphatic carboxylic acids is 1. The first-order chi connectivity index (χ1) is 7.80. The normalized spacial score (nSPS) is 11.4. The van der Waals surface area contributed by atoms with E-state index in [1.54, 1.807) is 0 Å². The Bertz CT molecular complexity index is 519. The Hall–Kier alpha value is -1.56. The molecule has 0 bridgehead atoms. The van der Waals surface area contributed by atoms with Gasteiger partial charge in [-0.25, -0.2) is 8.42 Å². The molecule has 0 spiro atoms. The maximum absolute atomic E-state index is 11.2. The lowest BCUT2D eigenvalue weighted by Gasteiger charge is -2.05. The van der Waals surface area contributed by atoms with Gasteiger partial charge in [0, 0.05) is 12.7 Å². The fourth-order valence-corrected chi connectivity index (χ4v) is 2.06. The summed E-state index contributed by atoms with van der Waals surface area (Å²) in [6.45, 7) is 0. The van der Waals surface area contributed by atoms with Gasteiger partial charge in [0.15, 0.2) is 9.84 Å². The van der Waals surface area contributed by atoms with Gasteiger partial charge < -0.3 is 10.2 Å². The van der Waals surface area contributed by atoms with Crippen molar-refractivity contribution in [1.29, 1.82) is 0 Å². The number of hydrogen-bond donors (Lipinski definition) is 2. The van der Waals surface area contributed by atoms with Crippen molar-refractivity contribution < 1.29 is 23.4 Å². The van der Waals surface area contributed by atoms with Crippen LogP contribution in [-0.2, 0) is 21.1 Å². The van der Waals surface area contributed by atoms with Crippen molar-refractivity contribution in [2.24, 2.45) is 0 Å². The number of carbonyl (C=O) groups is 1. The second-order valence-corrected chi connectivity index (χ2v) is 5.83. The molecule has 0 saturated heterocycles. The third-order valence-electron chi connectivity index (χ3n) is 2.32. The molecule has 0 fully saturated rings. The third-order valence-corrected chi connectivity index (χ3v) is 3.43. The Morgan fingerprint density at radius 3 is 2.47 bits per heavy atom. The summed E-state index contributed by atoms with van der Waals surface area (Å²) in [5.74, 6) is -1.00. The molecule has 1 aromatic carbocycles. The summed E-state index contributed by atoms with van der Waals surface area (Å²) in [5, 5.41) is 18.1. The monoisotopic (exact) mass is 258 g/mol. The Morgan fingerprint density at radius 1 is 1.35 bits per heavy atom. The molecule has 0 unspecified atom stereocenters. The summed E-state index contributed by atoms with van der Waals surface area (Å²) in [5.41, 5.74) is 0.554. The summed E-state index contributed by atoms with van der Waals surface area (Å²) in [6.07, 6.45) is 1.89. The fourth-order valence-electron chi connectivity index (χ4n) is 1.42. The summed E-state index contributed by atoms with van der Waals surface area (Å²) in [7, 11) is -3.33. The quantitative estimate of drug-likeness (QED) is 0.828. The van der Waals surface area contributed by atoms with Crippen molar-refractivity contribution in [3.63, 3.8) is 0 Å². The van der Waals surface area contributed by atoms with Crippen LogP contribution in [0.1, 0.15) is 18.4 Å². The Morgan fingerprint density at radius 2 is 2.00 bits per heavy atom. The van der Waals surface area contributed by atoms with Crippen LogP contribution in [0.5, 0.6) is 5.75 Å². The highest BCUT2D eigenvalue weighted by Gasteiger charge is 2.10. The smallest absolute Gasteiger partial charge is 0.303 e. The lowest BCUT2D eigenvalue weighted by atomic mass is 10.1. The number of carboxylic acids is 1. The van der Waals surface area contributed by atoms with Crippen LogP contribution in [0.3, 0.4) is 0 Å². The maximum atomic E-state index is 11.2. The topological polar surface area (TPSA) is 91.7 Å². The van der Waals surface area contributed by atoms with Gasteiger partial charge in [-0.2, -0.15) is 0 Å². The average Bonchev–Trinajstić information content (AvgIpc) is 2.18. The van der Waals surface area contributed by atoms with E-state index in [1.165, 1.54) is 18.2 Å². The lowest BCUT2D eigenvalue weighted by Crippen LogP contribution is -1.99. The molecule has 1 aromatic rings. The summed E-state index contributed by atoms with van der Waals surface area (Å²) in [6, 6.07) is 4.10. The molecule has 0 saturated carbocycles. The molecule has 94 valence electrons. The van der Waals surface area contributed by atoms with Crippen LogP contribution >= 0.6 is 0 Å². The molecular formula is C11H14O5S. The second-order valence-electron chi connectivity index (χ2n) is 3.81. The van der Waals surface area contributed by atoms with Gasteiger partial charge in [0.25, 0.3) is 0 Å². The van der Waals surface area contributed by atoms with Crippen LogP contribution in [0.15, 0.2) is 23.1 Å². The van der Waals surface area contributed by atoms with Crippen molar-refractivity contribution in [2.45, 2.75) is 24.2 Å². The molecule has 1 rings (SSSR count). The zero-order valence-corrected chi connectivity index (χ0v) is 10.2. The van der Waals surface area contributed by atoms with E-state index >= 15 is 0 Å². The number of phenolic OH excluding ortho intramolecular Hbond substituents is 1. The molecule has 0 heterocycles. The molecule has 0 atom stereocenters. The first-order valence-electron chi connectivity index (χ1n) is 5.04. The predicted molar refractivity (Wildman–Crippen MR) is 61.8 cm³/mol. The Balaban J connectivity index is 2.80. The summed E-state index contributed by atoms with van der Waals surface area (Å²) < 4.78 is 22.4. The average molecular weight is 258 g/mol. The first-order valence-corrected chi connectivity index (χ1v) is 6.93. The zero-order chi connectivity index (χ0) is 13.1. The number of benzene rings is 1. The molecule has 0 aliphatic carbocycles. The molecular weight excluding hydrogens is 244 g/mol. The van der Waals surface area contributed by atoms with Crippen molar-refractivity contribution in [1.82, 2.24) is 0 Å². The van der Waals surface area contributed by atoms with E-state index in [1.807, 2.05) is 0 Å². The van der Waals surface area contributed by atoms with Crippen molar-refractivity contribution >= 4 is 15.8 Å². The van der Waals surface area contributed by atoms with Crippen LogP contribution in [0.2, 0.25) is 0 Å². The molecule has 0 amide bonds. The molecule has 17 heavy (non-hydrogen) atoms. The van der Waals surface area contributed by atoms with Crippen LogP contribution in [0, 0.1) is 0 Å². The van der Waals surface area contributed by atoms with E-state index in [4.69, 9.17) is 5.11 Å². The van der Waals surface area contributed by atoms with E-state index in [0.717, 1.165) is 6.26 Å². The number of aryl methyl sites for hydroxylation is 1. The Labute approximate surface area is 99.6 Å². The van der Waals surface area contributed by atoms with Crippen molar-refractivity contribution in [3.05, 3.63) is 23.8 Å². The van der Waals surface area contributed by atoms with Gasteiger partial charge in [0.1, 0.15) is 5.75 Å². The van der Waals surface area contributed by atoms with E-state index in [0.29, 0.717) is 18.4 Å². The standard InChI is InChI=1S/C11H14O5S/c1-17(15,16)9-6-5-8(10(12)7-9)3-2-4-11(13)14/h5-7,12H,2-4H2,1H3,(H,13,14). The van der Waals surface area contributed by atoms with Crippen LogP contribution in [0.4, 0.5) is 0 Å². The number of phenols is 1. The maximum Gasteiger partial charge on any atom is 0.303 e. The van der Waals surface area contributed by atoms with E-state index in [-0.39, 0.29) is 17.1 Å². The number of carboxylic acid groups (broad SMARTS) is 1. The number of aromatic hydroxyl groups is 1. The highest BCUT2D eigenvalue weighted by Crippen LogP contribution is 2.23. The number of sulfone groups is 1. The molecule has 5 nitrogen and oxygen atoms in total. The first kappa shape index (κ1) is 13.5. The minimum absolute atomic E-state index is 0.0211. The fraction of sp³-hybridized carbons (Fsp3) is 0.364. The third kappa shape index (κ3) is 4.07. The molecule has 0 aliphatic rings. The highest BCUT2D eigenvalue weighted by atomic mass is 32.2. The number of rotatable bonds is 5. The molecule has 2 N–H and O–H groups in total. The van der Waals surface area contributed by atoms with Gasteiger partial charge in [0.05, 0.1) is 4.90 Å². The van der Waals surface area contributed by atoms with Gasteiger partial charge >= 0.3 is 5.97 Å². The van der Waals surface area contributed by atoms with Crippen LogP contribution in [-0.4, -0.2) is 30.9 Å². The van der Waals surface area contributed by atoms with Crippen LogP contribution in [0.25, 0.3) is 0 Å². The minimum atomic E-state index is -3.33. The van der Waals surface area contributed by atoms with Gasteiger partial charge in [-0.15, -0.1) is 0 Å². The SMILES string of the molecule is CS(=O)(=O)c1ccc(CCCC(=O)O)c(O)c1. The highest BCUT2D eigenvalue weighted by molar-refractivity contribution is 7.90. The zero-order valence-electron chi connectivity index (χ0n) is 9.38. The van der Waals surface area contributed by atoms with E-state index in [9.17, 15) is 18.3 Å². The molecule has 0 aliphatic heterocycles. The molecule has 0 aromatic heterocycles. The van der Waals surface area contributed by atoms with Crippen LogP contribution < -0.4 is 0 Å². The van der Waals surface area contributed by atoms with Gasteiger partial charge in [-0.1, -0.05) is 6.07 Å². The predicted octanol–water partition coefficient (Wildman–Crippen LogP) is 1.20. The van der Waals surface area contributed by atoms with Gasteiger partial charge in [-0.3, -0.25) is 4.79 Å². The summed E-state index contributed by atoms with van der Waals surface area (Å²) >= 11 is 0.